The molecule has 4 amide bonds. The fourth-order valence-corrected chi connectivity index (χ4v) is 7.86. The highest BCUT2D eigenvalue weighted by molar-refractivity contribution is 5.99. The summed E-state index contributed by atoms with van der Waals surface area (Å²) in [5.74, 6) is -1.73. The minimum Gasteiger partial charge on any atom is -0.505 e. The summed E-state index contributed by atoms with van der Waals surface area (Å²) in [6.07, 6.45) is 13.3. The van der Waals surface area contributed by atoms with Crippen LogP contribution in [0.15, 0.2) is 73.8 Å². The number of carbonyl (C=O) groups excluding carboxylic acids is 4. The van der Waals surface area contributed by atoms with E-state index in [0.717, 1.165) is 31.2 Å². The van der Waals surface area contributed by atoms with Crippen molar-refractivity contribution in [3.63, 3.8) is 0 Å². The smallest absolute Gasteiger partial charge is 0.276 e. The number of allylic oxidation sites excluding steroid dienone is 1. The summed E-state index contributed by atoms with van der Waals surface area (Å²) in [5.41, 5.74) is 1.19. The van der Waals surface area contributed by atoms with Gasteiger partial charge in [-0.2, -0.15) is 0 Å². The van der Waals surface area contributed by atoms with Crippen molar-refractivity contribution in [3.05, 3.63) is 90.8 Å². The largest absolute Gasteiger partial charge is 0.505 e. The Labute approximate surface area is 323 Å². The van der Waals surface area contributed by atoms with Gasteiger partial charge in [0.25, 0.3) is 5.91 Å². The second-order valence-corrected chi connectivity index (χ2v) is 15.4. The monoisotopic (exact) mass is 755 g/mol. The molecular weight excluding hydrogens is 699 g/mol. The zero-order valence-electron chi connectivity index (χ0n) is 32.0. The Morgan fingerprint density at radius 1 is 0.927 bits per heavy atom. The van der Waals surface area contributed by atoms with Gasteiger partial charge in [0.05, 0.1) is 24.2 Å². The van der Waals surface area contributed by atoms with Gasteiger partial charge >= 0.3 is 0 Å². The zero-order chi connectivity index (χ0) is 39.3. The molecule has 2 aromatic heterocycles. The molecule has 1 aromatic carbocycles. The van der Waals surface area contributed by atoms with E-state index in [1.165, 1.54) is 36.0 Å². The lowest BCUT2D eigenvalue weighted by molar-refractivity contribution is -0.133. The van der Waals surface area contributed by atoms with Crippen LogP contribution in [0.3, 0.4) is 0 Å². The number of hydrogen-bond donors (Lipinski definition) is 6. The lowest BCUT2D eigenvalue weighted by Crippen LogP contribution is -2.59. The van der Waals surface area contributed by atoms with Crippen molar-refractivity contribution < 1.29 is 29.4 Å². The number of likely N-dealkylation sites (tertiary alicyclic amines) is 1. The topological polar surface area (TPSA) is 190 Å². The van der Waals surface area contributed by atoms with E-state index in [9.17, 15) is 29.4 Å². The van der Waals surface area contributed by atoms with E-state index in [-0.39, 0.29) is 42.7 Å². The fraction of sp³-hybridized carbons (Fsp3) is 0.524. The summed E-state index contributed by atoms with van der Waals surface area (Å²) in [6, 6.07) is 8.48. The normalized spacial score (nSPS) is 18.8. The quantitative estimate of drug-likeness (QED) is 0.104. The van der Waals surface area contributed by atoms with Crippen molar-refractivity contribution in [1.29, 1.82) is 0 Å². The Hall–Kier alpha value is -5.04. The van der Waals surface area contributed by atoms with Crippen LogP contribution in [0.4, 0.5) is 0 Å². The molecule has 1 aliphatic heterocycles. The number of benzene rings is 1. The first-order valence-corrected chi connectivity index (χ1v) is 19.7. The molecule has 6 N–H and O–H groups in total. The number of nitrogens with one attached hydrogen (secondary N) is 4. The van der Waals surface area contributed by atoms with Gasteiger partial charge in [0.15, 0.2) is 5.69 Å². The first-order valence-electron chi connectivity index (χ1n) is 19.7. The highest BCUT2D eigenvalue weighted by Crippen LogP contribution is 2.30. The van der Waals surface area contributed by atoms with E-state index < -0.39 is 53.9 Å². The van der Waals surface area contributed by atoms with Crippen LogP contribution in [0.2, 0.25) is 0 Å². The summed E-state index contributed by atoms with van der Waals surface area (Å²) in [7, 11) is 0. The second-order valence-electron chi connectivity index (χ2n) is 15.4. The minimum absolute atomic E-state index is 0.0587. The number of carbonyl (C=O) groups is 4. The molecule has 1 aliphatic carbocycles. The van der Waals surface area contributed by atoms with E-state index in [1.54, 1.807) is 6.20 Å². The molecule has 1 saturated heterocycles. The molecule has 6 atom stereocenters. The Balaban J connectivity index is 1.36. The standard InChI is InChI=1S/C42H57N7O6/c1-4-30(27(2)3)23-37(51)32(21-28-13-7-5-8-14-28)46-40(53)34(24-31-25-43-26-45-31)47-39(52)33(22-29-15-9-6-10-16-29)48-41(54)35-17-12-20-49(35)42(55)38-36(50)18-11-19-44-38/h4,6,9-11,15-16,18-19,25-28,30,32-35,37,50-51H,1,5,7-8,12-14,17,20-24H2,2-3H3,(H,43,45)(H,46,53)(H,47,52)(H,48,54)/t30-,32-,33-,34-,35+,37-/m0/s1. The SMILES string of the molecule is C=C[C@@H](C[C@H](O)[C@H](CC1CCCCC1)NC(=O)[C@H](Cc1c[nH]cn1)NC(=O)[C@H](Cc1ccccc1)NC(=O)[C@H]1CCCN1C(=O)c1ncccc1O)C(C)C. The van der Waals surface area contributed by atoms with E-state index in [4.69, 9.17) is 0 Å². The maximum Gasteiger partial charge on any atom is 0.276 e. The van der Waals surface area contributed by atoms with E-state index in [1.807, 2.05) is 36.4 Å². The molecule has 13 nitrogen and oxygen atoms in total. The summed E-state index contributed by atoms with van der Waals surface area (Å²) in [6.45, 7) is 8.43. The lowest BCUT2D eigenvalue weighted by atomic mass is 9.81. The summed E-state index contributed by atoms with van der Waals surface area (Å²) >= 11 is 0. The Kier molecular flexibility index (Phi) is 15.0. The van der Waals surface area contributed by atoms with Crippen molar-refractivity contribution in [2.45, 2.75) is 115 Å². The molecule has 55 heavy (non-hydrogen) atoms. The van der Waals surface area contributed by atoms with Gasteiger partial charge in [0, 0.05) is 31.8 Å². The van der Waals surface area contributed by atoms with Crippen molar-refractivity contribution in [3.8, 4) is 5.75 Å². The predicted octanol–water partition coefficient (Wildman–Crippen LogP) is 4.23. The predicted molar refractivity (Wildman–Crippen MR) is 209 cm³/mol. The lowest BCUT2D eigenvalue weighted by Gasteiger charge is -2.33. The van der Waals surface area contributed by atoms with Crippen LogP contribution in [0, 0.1) is 17.8 Å². The molecule has 296 valence electrons. The van der Waals surface area contributed by atoms with Crippen LogP contribution < -0.4 is 16.0 Å². The first kappa shape index (κ1) is 41.1. The number of aromatic hydroxyl groups is 1. The number of imidazole rings is 1. The molecule has 0 unspecified atom stereocenters. The molecule has 2 aliphatic rings. The number of nitrogens with zero attached hydrogens (tertiary/aromatic N) is 3. The van der Waals surface area contributed by atoms with Gasteiger partial charge in [0.1, 0.15) is 23.9 Å². The number of aliphatic hydroxyl groups excluding tert-OH is 1. The van der Waals surface area contributed by atoms with Crippen LogP contribution in [-0.2, 0) is 27.2 Å². The van der Waals surface area contributed by atoms with Gasteiger partial charge in [-0.3, -0.25) is 19.2 Å². The summed E-state index contributed by atoms with van der Waals surface area (Å²) in [5, 5.41) is 30.8. The number of hydrogen-bond acceptors (Lipinski definition) is 8. The van der Waals surface area contributed by atoms with Gasteiger partial charge in [-0.25, -0.2) is 9.97 Å². The van der Waals surface area contributed by atoms with Crippen molar-refractivity contribution in [2.75, 3.05) is 6.54 Å². The maximum absolute atomic E-state index is 14.3. The third-order valence-electron chi connectivity index (χ3n) is 11.1. The number of aromatic amines is 1. The van der Waals surface area contributed by atoms with Gasteiger partial charge in [-0.15, -0.1) is 6.58 Å². The third-order valence-corrected chi connectivity index (χ3v) is 11.1. The Morgan fingerprint density at radius 3 is 2.33 bits per heavy atom. The molecule has 5 rings (SSSR count). The zero-order valence-corrected chi connectivity index (χ0v) is 32.0. The van der Waals surface area contributed by atoms with Crippen molar-refractivity contribution in [1.82, 2.24) is 35.8 Å². The average molecular weight is 756 g/mol. The third kappa shape index (κ3) is 11.5. The number of aromatic nitrogens is 3. The summed E-state index contributed by atoms with van der Waals surface area (Å²) in [4.78, 5) is 68.5. The fourth-order valence-electron chi connectivity index (χ4n) is 7.86. The van der Waals surface area contributed by atoms with Gasteiger partial charge < -0.3 is 36.0 Å². The van der Waals surface area contributed by atoms with Crippen LogP contribution in [0.25, 0.3) is 0 Å². The highest BCUT2D eigenvalue weighted by atomic mass is 16.3. The van der Waals surface area contributed by atoms with Gasteiger partial charge in [-0.05, 0) is 61.1 Å². The molecule has 13 heteroatoms. The van der Waals surface area contributed by atoms with E-state index >= 15 is 0 Å². The first-order chi connectivity index (χ1) is 26.5. The highest BCUT2D eigenvalue weighted by Gasteiger charge is 2.38. The number of amides is 4. The molecule has 3 heterocycles. The number of pyridine rings is 1. The number of rotatable bonds is 18. The van der Waals surface area contributed by atoms with Crippen molar-refractivity contribution >= 4 is 23.6 Å². The van der Waals surface area contributed by atoms with Crippen molar-refractivity contribution in [2.24, 2.45) is 17.8 Å². The number of H-pyrrole nitrogens is 1. The van der Waals surface area contributed by atoms with E-state index in [2.05, 4.69) is 51.3 Å². The van der Waals surface area contributed by atoms with E-state index in [0.29, 0.717) is 37.3 Å². The molecule has 1 saturated carbocycles. The Morgan fingerprint density at radius 2 is 1.65 bits per heavy atom. The van der Waals surface area contributed by atoms with Crippen LogP contribution in [0.1, 0.15) is 93.4 Å². The van der Waals surface area contributed by atoms with Crippen LogP contribution in [-0.4, -0.2) is 90.5 Å². The average Bonchev–Trinajstić information content (AvgIpc) is 3.90. The maximum atomic E-state index is 14.3. The molecule has 3 aromatic rings. The molecule has 0 radical (unpaired) electrons. The molecule has 2 fully saturated rings. The van der Waals surface area contributed by atoms with Gasteiger partial charge in [0.2, 0.25) is 17.7 Å². The number of aliphatic hydroxyl groups is 1. The molecular formula is C42H57N7O6. The van der Waals surface area contributed by atoms with Gasteiger partial charge in [-0.1, -0.05) is 82.4 Å². The minimum atomic E-state index is -1.10. The van der Waals surface area contributed by atoms with Crippen LogP contribution >= 0.6 is 0 Å². The summed E-state index contributed by atoms with van der Waals surface area (Å²) < 4.78 is 0. The molecule has 0 spiro atoms. The van der Waals surface area contributed by atoms with Crippen LogP contribution in [0.5, 0.6) is 5.75 Å². The molecule has 0 bridgehead atoms. The Bertz CT molecular complexity index is 1710. The second kappa shape index (κ2) is 20.0.